The number of nitrogens with zero attached hydrogens (tertiary/aromatic N) is 2. The Morgan fingerprint density at radius 1 is 1.28 bits per heavy atom. The summed E-state index contributed by atoms with van der Waals surface area (Å²) in [6.45, 7) is 7.13. The number of nitriles is 1. The standard InChI is InChI=1S/C21H30FN3O3S/c1-19(2,3)29(28)24-20(4,12-13-21(15-23)10-6-5-7-11-21)17-14-16(25(26)27)8-9-18(17)22/h8-9,14,24H,5-7,10-13H2,1-4H3/t20-,29?/m0/s1. The molecule has 0 bridgehead atoms. The highest BCUT2D eigenvalue weighted by atomic mass is 32.2. The molecule has 0 aliphatic heterocycles. The molecule has 1 aromatic rings. The van der Waals surface area contributed by atoms with Gasteiger partial charge in [0.2, 0.25) is 0 Å². The van der Waals surface area contributed by atoms with E-state index >= 15 is 0 Å². The molecule has 0 heterocycles. The Morgan fingerprint density at radius 2 is 1.90 bits per heavy atom. The third-order valence-electron chi connectivity index (χ3n) is 5.78. The number of benzene rings is 1. The first-order valence-corrected chi connectivity index (χ1v) is 11.1. The van der Waals surface area contributed by atoms with Crippen LogP contribution in [0, 0.1) is 32.7 Å². The third kappa shape index (κ3) is 5.68. The van der Waals surface area contributed by atoms with Gasteiger partial charge in [0.05, 0.1) is 21.9 Å². The van der Waals surface area contributed by atoms with Crippen LogP contribution in [0.4, 0.5) is 10.1 Å². The molecule has 0 aromatic heterocycles. The quantitative estimate of drug-likeness (QED) is 0.366. The summed E-state index contributed by atoms with van der Waals surface area (Å²) in [5.41, 5.74) is -1.71. The number of non-ortho nitro benzene ring substituents is 1. The number of halogens is 1. The molecule has 1 N–H and O–H groups in total. The molecule has 8 heteroatoms. The van der Waals surface area contributed by atoms with Gasteiger partial charge in [0.25, 0.3) is 5.69 Å². The van der Waals surface area contributed by atoms with Crippen LogP contribution < -0.4 is 4.72 Å². The molecule has 1 aromatic carbocycles. The molecule has 29 heavy (non-hydrogen) atoms. The second kappa shape index (κ2) is 8.99. The topological polar surface area (TPSA) is 102 Å². The summed E-state index contributed by atoms with van der Waals surface area (Å²) in [6.07, 6.45) is 5.51. The average molecular weight is 424 g/mol. The van der Waals surface area contributed by atoms with Crippen molar-refractivity contribution in [2.24, 2.45) is 5.41 Å². The van der Waals surface area contributed by atoms with Crippen LogP contribution in [0.15, 0.2) is 18.2 Å². The molecule has 1 aliphatic rings. The average Bonchev–Trinajstić information content (AvgIpc) is 2.66. The summed E-state index contributed by atoms with van der Waals surface area (Å²) in [4.78, 5) is 10.7. The zero-order valence-corrected chi connectivity index (χ0v) is 18.4. The van der Waals surface area contributed by atoms with Crippen LogP contribution >= 0.6 is 0 Å². The van der Waals surface area contributed by atoms with E-state index in [9.17, 15) is 24.3 Å². The van der Waals surface area contributed by atoms with Crippen molar-refractivity contribution in [1.29, 1.82) is 5.26 Å². The molecule has 1 fully saturated rings. The second-order valence-corrected chi connectivity index (χ2v) is 11.2. The van der Waals surface area contributed by atoms with Crippen molar-refractivity contribution in [2.45, 2.75) is 82.9 Å². The van der Waals surface area contributed by atoms with Crippen molar-refractivity contribution in [3.8, 4) is 6.07 Å². The maximum atomic E-state index is 14.8. The van der Waals surface area contributed by atoms with E-state index in [4.69, 9.17) is 0 Å². The van der Waals surface area contributed by atoms with Gasteiger partial charge in [-0.15, -0.1) is 4.72 Å². The molecular weight excluding hydrogens is 393 g/mol. The number of hydrogen-bond acceptors (Lipinski definition) is 5. The van der Waals surface area contributed by atoms with E-state index in [1.165, 1.54) is 6.07 Å². The van der Waals surface area contributed by atoms with Gasteiger partial charge in [-0.3, -0.25) is 10.1 Å². The van der Waals surface area contributed by atoms with Crippen LogP contribution in [-0.4, -0.2) is 14.2 Å². The third-order valence-corrected chi connectivity index (χ3v) is 7.53. The van der Waals surface area contributed by atoms with Crippen molar-refractivity contribution in [3.63, 3.8) is 0 Å². The molecule has 0 amide bonds. The Hall–Kier alpha value is -1.69. The van der Waals surface area contributed by atoms with Gasteiger partial charge in [-0.05, 0) is 59.4 Å². The fourth-order valence-corrected chi connectivity index (χ4v) is 4.71. The largest absolute Gasteiger partial charge is 0.598 e. The van der Waals surface area contributed by atoms with Crippen molar-refractivity contribution >= 4 is 17.0 Å². The number of nitro groups is 1. The number of nitrogens with one attached hydrogen (secondary N) is 1. The first-order valence-electron chi connectivity index (χ1n) is 9.98. The molecule has 2 rings (SSSR count). The number of nitro benzene ring substituents is 1. The maximum absolute atomic E-state index is 14.8. The Bertz CT molecular complexity index is 784. The summed E-state index contributed by atoms with van der Waals surface area (Å²) >= 11 is -1.52. The van der Waals surface area contributed by atoms with E-state index in [1.54, 1.807) is 27.7 Å². The minimum atomic E-state index is -1.52. The van der Waals surface area contributed by atoms with E-state index in [1.807, 2.05) is 0 Å². The lowest BCUT2D eigenvalue weighted by Crippen LogP contribution is -2.50. The second-order valence-electron chi connectivity index (χ2n) is 9.19. The van der Waals surface area contributed by atoms with Crippen LogP contribution in [0.1, 0.15) is 78.2 Å². The van der Waals surface area contributed by atoms with Gasteiger partial charge in [0, 0.05) is 29.1 Å². The van der Waals surface area contributed by atoms with Gasteiger partial charge < -0.3 is 4.55 Å². The predicted molar refractivity (Wildman–Crippen MR) is 112 cm³/mol. The van der Waals surface area contributed by atoms with Crippen molar-refractivity contribution in [2.75, 3.05) is 0 Å². The number of rotatable bonds is 7. The first kappa shape index (κ1) is 23.6. The SMILES string of the molecule is CC(C)(C)[S+]([O-])N[C@@](C)(CCC1(C#N)CCCCC1)c1cc([N+](=O)[O-])ccc1F. The molecule has 6 nitrogen and oxygen atoms in total. The lowest BCUT2D eigenvalue weighted by Gasteiger charge is -2.38. The van der Waals surface area contributed by atoms with Crippen LogP contribution in [0.2, 0.25) is 0 Å². The summed E-state index contributed by atoms with van der Waals surface area (Å²) in [6, 6.07) is 5.87. The van der Waals surface area contributed by atoms with Gasteiger partial charge in [-0.2, -0.15) is 5.26 Å². The highest BCUT2D eigenvalue weighted by molar-refractivity contribution is 7.90. The molecule has 0 saturated heterocycles. The van der Waals surface area contributed by atoms with Gasteiger partial charge in [-0.1, -0.05) is 19.3 Å². The van der Waals surface area contributed by atoms with E-state index in [0.717, 1.165) is 44.2 Å². The van der Waals surface area contributed by atoms with Crippen molar-refractivity contribution in [1.82, 2.24) is 4.72 Å². The first-order chi connectivity index (χ1) is 13.4. The fourth-order valence-electron chi connectivity index (χ4n) is 3.78. The van der Waals surface area contributed by atoms with Gasteiger partial charge in [0.1, 0.15) is 10.6 Å². The van der Waals surface area contributed by atoms with E-state index < -0.39 is 37.8 Å². The number of hydrogen-bond donors (Lipinski definition) is 1. The zero-order chi connectivity index (χ0) is 21.9. The summed E-state index contributed by atoms with van der Waals surface area (Å²) in [7, 11) is 0. The van der Waals surface area contributed by atoms with Crippen LogP contribution in [-0.2, 0) is 16.9 Å². The van der Waals surface area contributed by atoms with Crippen molar-refractivity contribution in [3.05, 3.63) is 39.7 Å². The van der Waals surface area contributed by atoms with E-state index in [-0.39, 0.29) is 11.3 Å². The maximum Gasteiger partial charge on any atom is 0.269 e. The Kier molecular flexibility index (Phi) is 7.31. The zero-order valence-electron chi connectivity index (χ0n) is 17.6. The minimum absolute atomic E-state index is 0.105. The monoisotopic (exact) mass is 423 g/mol. The highest BCUT2D eigenvalue weighted by Crippen LogP contribution is 2.43. The molecule has 1 aliphatic carbocycles. The molecule has 1 unspecified atom stereocenters. The lowest BCUT2D eigenvalue weighted by atomic mass is 9.70. The van der Waals surface area contributed by atoms with Crippen LogP contribution in [0.5, 0.6) is 0 Å². The minimum Gasteiger partial charge on any atom is -0.598 e. The summed E-state index contributed by atoms with van der Waals surface area (Å²) < 4.78 is 30.1. The molecule has 1 saturated carbocycles. The smallest absolute Gasteiger partial charge is 0.269 e. The molecule has 0 radical (unpaired) electrons. The predicted octanol–water partition coefficient (Wildman–Crippen LogP) is 5.26. The van der Waals surface area contributed by atoms with Crippen LogP contribution in [0.25, 0.3) is 0 Å². The van der Waals surface area contributed by atoms with Gasteiger partial charge in [-0.25, -0.2) is 4.39 Å². The van der Waals surface area contributed by atoms with E-state index in [2.05, 4.69) is 10.8 Å². The summed E-state index contributed by atoms with van der Waals surface area (Å²) in [5, 5.41) is 21.0. The Balaban J connectivity index is 2.42. The fraction of sp³-hybridized carbons (Fsp3) is 0.667. The van der Waals surface area contributed by atoms with Crippen molar-refractivity contribution < 1.29 is 13.9 Å². The lowest BCUT2D eigenvalue weighted by molar-refractivity contribution is -0.385. The summed E-state index contributed by atoms with van der Waals surface area (Å²) in [5.74, 6) is -0.592. The molecule has 0 spiro atoms. The molecule has 2 atom stereocenters. The normalized spacial score (nSPS) is 19.8. The molecular formula is C21H30FN3O3S. The Morgan fingerprint density at radius 3 is 2.41 bits per heavy atom. The van der Waals surface area contributed by atoms with Crippen LogP contribution in [0.3, 0.4) is 0 Å². The van der Waals surface area contributed by atoms with Gasteiger partial charge in [0.15, 0.2) is 0 Å². The molecule has 160 valence electrons. The highest BCUT2D eigenvalue weighted by Gasteiger charge is 2.42. The van der Waals surface area contributed by atoms with E-state index in [0.29, 0.717) is 12.8 Å². The Labute approximate surface area is 175 Å². The van der Waals surface area contributed by atoms with Gasteiger partial charge >= 0.3 is 0 Å².